The second-order valence-corrected chi connectivity index (χ2v) is 4.76. The zero-order valence-electron chi connectivity index (χ0n) is 11.0. The Balaban J connectivity index is 2.20. The van der Waals surface area contributed by atoms with Gasteiger partial charge in [0.2, 0.25) is 0 Å². The molecule has 2 N–H and O–H groups in total. The lowest BCUT2D eigenvalue weighted by atomic mass is 9.94. The standard InChI is InChI=1S/C16H13N3O/c1-20-14-7-6-13-15-11(8-9-18-16(14)15)10-4-2-3-5-12(10)19(13)17/h2-9H,17H2,1H3. The Morgan fingerprint density at radius 1 is 1.00 bits per heavy atom. The number of rotatable bonds is 1. The van der Waals surface area contributed by atoms with Gasteiger partial charge in [-0.05, 0) is 29.8 Å². The Bertz CT molecular complexity index is 829. The normalized spacial score (nSPS) is 12.4. The SMILES string of the molecule is COc1ccc2c3c(ccnc13)-c1ccccc1N2N. The van der Waals surface area contributed by atoms with Crippen LogP contribution in [0.2, 0.25) is 0 Å². The highest BCUT2D eigenvalue weighted by molar-refractivity contribution is 6.11. The van der Waals surface area contributed by atoms with Gasteiger partial charge < -0.3 is 4.74 Å². The zero-order valence-corrected chi connectivity index (χ0v) is 11.0. The summed E-state index contributed by atoms with van der Waals surface area (Å²) in [5.41, 5.74) is 5.04. The summed E-state index contributed by atoms with van der Waals surface area (Å²) in [6, 6.07) is 14.0. The molecule has 98 valence electrons. The summed E-state index contributed by atoms with van der Waals surface area (Å²) in [5, 5.41) is 2.75. The van der Waals surface area contributed by atoms with E-state index in [-0.39, 0.29) is 0 Å². The average Bonchev–Trinajstić information content (AvgIpc) is 2.52. The number of ether oxygens (including phenoxy) is 1. The van der Waals surface area contributed by atoms with Crippen LogP contribution < -0.4 is 15.6 Å². The largest absolute Gasteiger partial charge is 0.494 e. The zero-order chi connectivity index (χ0) is 13.7. The molecule has 0 fully saturated rings. The number of para-hydroxylation sites is 1. The van der Waals surface area contributed by atoms with Crippen molar-refractivity contribution in [2.24, 2.45) is 5.84 Å². The fourth-order valence-corrected chi connectivity index (χ4v) is 2.86. The molecule has 4 rings (SSSR count). The number of hydrazine groups is 1. The molecule has 0 atom stereocenters. The molecular formula is C16H13N3O. The van der Waals surface area contributed by atoms with Gasteiger partial charge in [0, 0.05) is 17.1 Å². The summed E-state index contributed by atoms with van der Waals surface area (Å²) in [4.78, 5) is 4.46. The Morgan fingerprint density at radius 3 is 2.70 bits per heavy atom. The van der Waals surface area contributed by atoms with Crippen LogP contribution in [0.1, 0.15) is 0 Å². The van der Waals surface area contributed by atoms with E-state index in [2.05, 4.69) is 11.1 Å². The number of nitrogens with zero attached hydrogens (tertiary/aromatic N) is 2. The Kier molecular flexibility index (Phi) is 2.22. The maximum Gasteiger partial charge on any atom is 0.145 e. The molecule has 4 heteroatoms. The van der Waals surface area contributed by atoms with Gasteiger partial charge in [0.05, 0.1) is 18.5 Å². The number of anilines is 2. The Hall–Kier alpha value is -2.59. The molecule has 20 heavy (non-hydrogen) atoms. The first kappa shape index (κ1) is 11.3. The highest BCUT2D eigenvalue weighted by atomic mass is 16.5. The Labute approximate surface area is 116 Å². The van der Waals surface area contributed by atoms with Crippen molar-refractivity contribution in [2.75, 3.05) is 12.1 Å². The van der Waals surface area contributed by atoms with Gasteiger partial charge in [-0.1, -0.05) is 18.2 Å². The molecule has 1 aliphatic heterocycles. The number of pyridine rings is 1. The second-order valence-electron chi connectivity index (χ2n) is 4.76. The van der Waals surface area contributed by atoms with Crippen molar-refractivity contribution in [3.8, 4) is 16.9 Å². The van der Waals surface area contributed by atoms with Crippen LogP contribution in [-0.4, -0.2) is 12.1 Å². The number of fused-ring (bicyclic) bond motifs is 2. The van der Waals surface area contributed by atoms with E-state index < -0.39 is 0 Å². The van der Waals surface area contributed by atoms with Crippen molar-refractivity contribution in [1.82, 2.24) is 4.98 Å². The van der Waals surface area contributed by atoms with Crippen molar-refractivity contribution in [3.05, 3.63) is 48.7 Å². The minimum atomic E-state index is 0.762. The molecule has 0 radical (unpaired) electrons. The molecule has 0 saturated heterocycles. The van der Waals surface area contributed by atoms with Crippen LogP contribution in [-0.2, 0) is 0 Å². The fraction of sp³-hybridized carbons (Fsp3) is 0.0625. The van der Waals surface area contributed by atoms with E-state index >= 15 is 0 Å². The summed E-state index contributed by atoms with van der Waals surface area (Å²) in [5.74, 6) is 7.04. The van der Waals surface area contributed by atoms with E-state index in [1.165, 1.54) is 0 Å². The highest BCUT2D eigenvalue weighted by Gasteiger charge is 2.24. The van der Waals surface area contributed by atoms with E-state index in [1.54, 1.807) is 12.1 Å². The molecule has 1 aliphatic rings. The van der Waals surface area contributed by atoms with E-state index in [0.717, 1.165) is 39.2 Å². The first-order chi connectivity index (χ1) is 9.81. The summed E-state index contributed by atoms with van der Waals surface area (Å²) in [7, 11) is 1.66. The summed E-state index contributed by atoms with van der Waals surface area (Å²) in [6.45, 7) is 0. The van der Waals surface area contributed by atoms with Crippen LogP contribution in [0.4, 0.5) is 11.4 Å². The molecule has 0 aliphatic carbocycles. The maximum atomic E-state index is 6.27. The average molecular weight is 263 g/mol. The molecular weight excluding hydrogens is 250 g/mol. The lowest BCUT2D eigenvalue weighted by Gasteiger charge is -2.29. The van der Waals surface area contributed by atoms with Gasteiger partial charge in [-0.3, -0.25) is 9.99 Å². The van der Waals surface area contributed by atoms with Gasteiger partial charge in [-0.15, -0.1) is 0 Å². The lowest BCUT2D eigenvalue weighted by Crippen LogP contribution is -2.27. The molecule has 3 aromatic rings. The number of methoxy groups -OCH3 is 1. The van der Waals surface area contributed by atoms with Crippen LogP contribution in [0.3, 0.4) is 0 Å². The van der Waals surface area contributed by atoms with E-state index in [9.17, 15) is 0 Å². The van der Waals surface area contributed by atoms with Crippen LogP contribution in [0.25, 0.3) is 22.0 Å². The van der Waals surface area contributed by atoms with E-state index in [1.807, 2.05) is 42.6 Å². The van der Waals surface area contributed by atoms with Crippen LogP contribution >= 0.6 is 0 Å². The predicted octanol–water partition coefficient (Wildman–Crippen LogP) is 3.24. The van der Waals surface area contributed by atoms with Gasteiger partial charge in [0.15, 0.2) is 0 Å². The quantitative estimate of drug-likeness (QED) is 0.685. The molecule has 1 aromatic heterocycles. The van der Waals surface area contributed by atoms with Crippen molar-refractivity contribution < 1.29 is 4.74 Å². The minimum absolute atomic E-state index is 0.762. The van der Waals surface area contributed by atoms with Gasteiger partial charge in [-0.2, -0.15) is 0 Å². The molecule has 0 amide bonds. The molecule has 2 aromatic carbocycles. The van der Waals surface area contributed by atoms with Gasteiger partial charge in [0.1, 0.15) is 11.3 Å². The van der Waals surface area contributed by atoms with Crippen LogP contribution in [0.5, 0.6) is 5.75 Å². The summed E-state index contributed by atoms with van der Waals surface area (Å²) in [6.07, 6.45) is 1.81. The van der Waals surface area contributed by atoms with Gasteiger partial charge >= 0.3 is 0 Å². The maximum absolute atomic E-state index is 6.27. The molecule has 0 bridgehead atoms. The molecule has 0 unspecified atom stereocenters. The van der Waals surface area contributed by atoms with Crippen molar-refractivity contribution in [2.45, 2.75) is 0 Å². The number of benzene rings is 2. The molecule has 0 spiro atoms. The third-order valence-corrected chi connectivity index (χ3v) is 3.77. The van der Waals surface area contributed by atoms with Crippen LogP contribution in [0, 0.1) is 0 Å². The summed E-state index contributed by atoms with van der Waals surface area (Å²) >= 11 is 0. The highest BCUT2D eigenvalue weighted by Crippen LogP contribution is 2.47. The molecule has 0 saturated carbocycles. The summed E-state index contributed by atoms with van der Waals surface area (Å²) < 4.78 is 5.41. The fourth-order valence-electron chi connectivity index (χ4n) is 2.86. The topological polar surface area (TPSA) is 51.4 Å². The van der Waals surface area contributed by atoms with Crippen molar-refractivity contribution in [3.63, 3.8) is 0 Å². The number of aromatic nitrogens is 1. The van der Waals surface area contributed by atoms with E-state index in [0.29, 0.717) is 0 Å². The van der Waals surface area contributed by atoms with Crippen LogP contribution in [0.15, 0.2) is 48.7 Å². The van der Waals surface area contributed by atoms with Crippen molar-refractivity contribution >= 4 is 22.3 Å². The predicted molar refractivity (Wildman–Crippen MR) is 80.1 cm³/mol. The van der Waals surface area contributed by atoms with Crippen molar-refractivity contribution in [1.29, 1.82) is 0 Å². The third-order valence-electron chi connectivity index (χ3n) is 3.77. The van der Waals surface area contributed by atoms with Gasteiger partial charge in [0.25, 0.3) is 0 Å². The second kappa shape index (κ2) is 3.95. The van der Waals surface area contributed by atoms with Gasteiger partial charge in [-0.25, -0.2) is 5.84 Å². The number of hydrogen-bond acceptors (Lipinski definition) is 4. The number of nitrogens with two attached hydrogens (primary N) is 1. The minimum Gasteiger partial charge on any atom is -0.494 e. The smallest absolute Gasteiger partial charge is 0.145 e. The third kappa shape index (κ3) is 1.31. The number of hydrogen-bond donors (Lipinski definition) is 1. The molecule has 4 nitrogen and oxygen atoms in total. The first-order valence-corrected chi connectivity index (χ1v) is 6.41. The Morgan fingerprint density at radius 2 is 1.85 bits per heavy atom. The monoisotopic (exact) mass is 263 g/mol. The molecule has 2 heterocycles. The van der Waals surface area contributed by atoms with E-state index in [4.69, 9.17) is 10.6 Å². The lowest BCUT2D eigenvalue weighted by molar-refractivity contribution is 0.419. The first-order valence-electron chi connectivity index (χ1n) is 6.41.